The van der Waals surface area contributed by atoms with Crippen molar-refractivity contribution < 1.29 is 9.90 Å². The molecular formula is C34H35N5O2. The minimum absolute atomic E-state index is 0.130. The molecule has 0 unspecified atom stereocenters. The van der Waals surface area contributed by atoms with Crippen LogP contribution in [-0.4, -0.2) is 35.2 Å². The average Bonchev–Trinajstić information content (AvgIpc) is 3.28. The Morgan fingerprint density at radius 3 is 1.83 bits per heavy atom. The highest BCUT2D eigenvalue weighted by Crippen LogP contribution is 2.27. The minimum Gasteiger partial charge on any atom is -0.393 e. The van der Waals surface area contributed by atoms with E-state index < -0.39 is 0 Å². The van der Waals surface area contributed by atoms with Gasteiger partial charge in [0.15, 0.2) is 0 Å². The van der Waals surface area contributed by atoms with Crippen LogP contribution in [0, 0.1) is 13.8 Å². The van der Waals surface area contributed by atoms with Crippen LogP contribution in [0.25, 0.3) is 10.9 Å². The van der Waals surface area contributed by atoms with Gasteiger partial charge in [0, 0.05) is 69.4 Å². The molecule has 1 aromatic heterocycles. The van der Waals surface area contributed by atoms with Gasteiger partial charge in [-0.25, -0.2) is 0 Å². The molecule has 41 heavy (non-hydrogen) atoms. The molecule has 0 radical (unpaired) electrons. The zero-order chi connectivity index (χ0) is 28.3. The van der Waals surface area contributed by atoms with Gasteiger partial charge in [0.05, 0.1) is 6.10 Å². The number of hydrogen-bond acceptors (Lipinski definition) is 5. The number of aromatic amines is 1. The summed E-state index contributed by atoms with van der Waals surface area (Å²) in [6.07, 6.45) is 1.49. The van der Waals surface area contributed by atoms with Crippen LogP contribution in [0.2, 0.25) is 0 Å². The zero-order valence-electron chi connectivity index (χ0n) is 23.4. The second-order valence-corrected chi connectivity index (χ2v) is 10.8. The normalized spacial score (nSPS) is 13.8. The number of H-pyrrole nitrogens is 1. The summed E-state index contributed by atoms with van der Waals surface area (Å²) in [4.78, 5) is 18.5. The third-order valence-corrected chi connectivity index (χ3v) is 7.87. The number of benzene rings is 4. The van der Waals surface area contributed by atoms with Crippen LogP contribution in [0.5, 0.6) is 0 Å². The van der Waals surface area contributed by atoms with E-state index in [-0.39, 0.29) is 12.0 Å². The van der Waals surface area contributed by atoms with Crippen LogP contribution in [-0.2, 0) is 0 Å². The molecule has 208 valence electrons. The molecule has 0 atom stereocenters. The van der Waals surface area contributed by atoms with Crippen molar-refractivity contribution in [1.82, 2.24) is 4.98 Å². The number of hydrogen-bond donors (Lipinski definition) is 5. The van der Waals surface area contributed by atoms with Crippen molar-refractivity contribution in [3.05, 3.63) is 108 Å². The highest BCUT2D eigenvalue weighted by Gasteiger charge is 2.17. The molecule has 6 rings (SSSR count). The molecule has 5 aromatic rings. The van der Waals surface area contributed by atoms with Crippen LogP contribution in [0.1, 0.15) is 34.5 Å². The molecule has 0 aliphatic carbocycles. The summed E-state index contributed by atoms with van der Waals surface area (Å²) in [6, 6.07) is 30.0. The van der Waals surface area contributed by atoms with Gasteiger partial charge in [-0.15, -0.1) is 0 Å². The molecule has 0 saturated carbocycles. The smallest absolute Gasteiger partial charge is 0.255 e. The Bertz CT molecular complexity index is 1650. The summed E-state index contributed by atoms with van der Waals surface area (Å²) in [5.41, 5.74) is 9.83. The Hall–Kier alpha value is -4.75. The van der Waals surface area contributed by atoms with E-state index in [9.17, 15) is 9.90 Å². The monoisotopic (exact) mass is 545 g/mol. The summed E-state index contributed by atoms with van der Waals surface area (Å²) >= 11 is 0. The third-order valence-electron chi connectivity index (χ3n) is 7.87. The first-order valence-corrected chi connectivity index (χ1v) is 14.1. The Labute approximate surface area is 240 Å². The van der Waals surface area contributed by atoms with Gasteiger partial charge in [-0.05, 0) is 123 Å². The molecule has 0 spiro atoms. The van der Waals surface area contributed by atoms with Gasteiger partial charge in [0.1, 0.15) is 0 Å². The van der Waals surface area contributed by atoms with Gasteiger partial charge in [0.25, 0.3) is 5.91 Å². The van der Waals surface area contributed by atoms with Crippen LogP contribution < -0.4 is 20.9 Å². The fraction of sp³-hybridized carbons (Fsp3) is 0.206. The molecule has 7 nitrogen and oxygen atoms in total. The summed E-state index contributed by atoms with van der Waals surface area (Å²) in [5.74, 6) is -0.130. The number of aromatic nitrogens is 1. The fourth-order valence-corrected chi connectivity index (χ4v) is 5.29. The lowest BCUT2D eigenvalue weighted by atomic mass is 10.1. The summed E-state index contributed by atoms with van der Waals surface area (Å²) in [5, 5.41) is 20.7. The maximum Gasteiger partial charge on any atom is 0.255 e. The van der Waals surface area contributed by atoms with Gasteiger partial charge in [-0.1, -0.05) is 0 Å². The summed E-state index contributed by atoms with van der Waals surface area (Å²) < 4.78 is 0. The van der Waals surface area contributed by atoms with Crippen molar-refractivity contribution in [3.8, 4) is 0 Å². The van der Waals surface area contributed by atoms with Crippen molar-refractivity contribution in [3.63, 3.8) is 0 Å². The Morgan fingerprint density at radius 1 is 0.756 bits per heavy atom. The number of aliphatic hydroxyl groups is 1. The molecular weight excluding hydrogens is 510 g/mol. The maximum absolute atomic E-state index is 12.9. The number of rotatable bonds is 7. The summed E-state index contributed by atoms with van der Waals surface area (Å²) in [7, 11) is 0. The highest BCUT2D eigenvalue weighted by atomic mass is 16.3. The fourth-order valence-electron chi connectivity index (χ4n) is 5.29. The Balaban J connectivity index is 1.03. The van der Waals surface area contributed by atoms with Crippen LogP contribution in [0.3, 0.4) is 0 Å². The molecule has 1 saturated heterocycles. The van der Waals surface area contributed by atoms with Crippen molar-refractivity contribution >= 4 is 50.9 Å². The van der Waals surface area contributed by atoms with Gasteiger partial charge in [-0.3, -0.25) is 4.79 Å². The zero-order valence-corrected chi connectivity index (χ0v) is 23.4. The summed E-state index contributed by atoms with van der Waals surface area (Å²) in [6.45, 7) is 5.89. The first-order chi connectivity index (χ1) is 19.9. The second kappa shape index (κ2) is 11.4. The number of amides is 1. The lowest BCUT2D eigenvalue weighted by Crippen LogP contribution is -2.35. The topological polar surface area (TPSA) is 92.4 Å². The minimum atomic E-state index is -0.164. The number of fused-ring (bicyclic) bond motifs is 1. The highest BCUT2D eigenvalue weighted by molar-refractivity contribution is 6.06. The van der Waals surface area contributed by atoms with Crippen molar-refractivity contribution in [2.75, 3.05) is 33.9 Å². The van der Waals surface area contributed by atoms with Crippen LogP contribution >= 0.6 is 0 Å². The van der Waals surface area contributed by atoms with Crippen molar-refractivity contribution in [2.45, 2.75) is 32.8 Å². The van der Waals surface area contributed by atoms with E-state index in [1.54, 1.807) is 0 Å². The standard InChI is InChI=1S/C34H35N5O2/c1-22-23(2)35-33-16-3-24(21-32(22)33)34(41)38-29-10-8-27(9-11-29)36-25-4-6-26(7-5-25)37-28-12-14-30(15-13-28)39-19-17-31(40)18-20-39/h3-16,21,31,35-37,40H,17-20H2,1-2H3,(H,38,41). The lowest BCUT2D eigenvalue weighted by Gasteiger charge is -2.31. The Kier molecular flexibility index (Phi) is 7.35. The molecule has 7 heteroatoms. The molecule has 2 heterocycles. The molecule has 5 N–H and O–H groups in total. The third kappa shape index (κ3) is 6.05. The number of piperidine rings is 1. The van der Waals surface area contributed by atoms with E-state index in [0.717, 1.165) is 71.0 Å². The van der Waals surface area contributed by atoms with Crippen molar-refractivity contribution in [1.29, 1.82) is 0 Å². The number of aryl methyl sites for hydroxylation is 2. The molecule has 1 aliphatic rings. The SMILES string of the molecule is Cc1[nH]c2ccc(C(=O)Nc3ccc(Nc4ccc(Nc5ccc(N6CCC(O)CC6)cc5)cc4)cc3)cc2c1C. The number of nitrogens with zero attached hydrogens (tertiary/aromatic N) is 1. The largest absolute Gasteiger partial charge is 0.393 e. The lowest BCUT2D eigenvalue weighted by molar-refractivity contribution is 0.102. The first kappa shape index (κ1) is 26.5. The first-order valence-electron chi connectivity index (χ1n) is 14.1. The van der Waals surface area contributed by atoms with E-state index in [1.165, 1.54) is 11.3 Å². The number of nitrogens with one attached hydrogen (secondary N) is 4. The quantitative estimate of drug-likeness (QED) is 0.146. The van der Waals surface area contributed by atoms with Gasteiger partial charge < -0.3 is 30.9 Å². The van der Waals surface area contributed by atoms with Crippen molar-refractivity contribution in [2.24, 2.45) is 0 Å². The molecule has 4 aromatic carbocycles. The number of carbonyl (C=O) groups is 1. The van der Waals surface area contributed by atoms with Gasteiger partial charge in [-0.2, -0.15) is 0 Å². The molecule has 0 bridgehead atoms. The molecule has 1 fully saturated rings. The predicted molar refractivity (Wildman–Crippen MR) is 169 cm³/mol. The maximum atomic E-state index is 12.9. The Morgan fingerprint density at radius 2 is 1.27 bits per heavy atom. The number of carbonyl (C=O) groups excluding carboxylic acids is 1. The van der Waals surface area contributed by atoms with E-state index in [2.05, 4.69) is 57.0 Å². The van der Waals surface area contributed by atoms with E-state index in [1.807, 2.05) is 73.7 Å². The van der Waals surface area contributed by atoms with Crippen LogP contribution in [0.15, 0.2) is 91.0 Å². The van der Waals surface area contributed by atoms with Gasteiger partial charge >= 0.3 is 0 Å². The molecule has 1 aliphatic heterocycles. The van der Waals surface area contributed by atoms with Gasteiger partial charge in [0.2, 0.25) is 0 Å². The van der Waals surface area contributed by atoms with Crippen LogP contribution in [0.4, 0.5) is 34.1 Å². The number of anilines is 6. The second-order valence-electron chi connectivity index (χ2n) is 10.8. The van der Waals surface area contributed by atoms with E-state index in [0.29, 0.717) is 5.56 Å². The molecule has 1 amide bonds. The van der Waals surface area contributed by atoms with E-state index in [4.69, 9.17) is 0 Å². The predicted octanol–water partition coefficient (Wildman–Crippen LogP) is 7.49. The number of aliphatic hydroxyl groups excluding tert-OH is 1. The van der Waals surface area contributed by atoms with E-state index >= 15 is 0 Å². The average molecular weight is 546 g/mol.